The maximum atomic E-state index is 13.7. The summed E-state index contributed by atoms with van der Waals surface area (Å²) in [6.45, 7) is 0.920. The molecule has 1 fully saturated rings. The van der Waals surface area contributed by atoms with Crippen molar-refractivity contribution in [3.63, 3.8) is 0 Å². The molecule has 0 bridgehead atoms. The summed E-state index contributed by atoms with van der Waals surface area (Å²) in [5, 5.41) is 9.71. The van der Waals surface area contributed by atoms with Gasteiger partial charge in [-0.25, -0.2) is 8.42 Å². The minimum Gasteiger partial charge on any atom is -0.497 e. The van der Waals surface area contributed by atoms with Gasteiger partial charge < -0.3 is 14.4 Å². The smallest absolute Gasteiger partial charge is 0.247 e. The third-order valence-electron chi connectivity index (χ3n) is 4.95. The van der Waals surface area contributed by atoms with Gasteiger partial charge in [0, 0.05) is 36.8 Å². The van der Waals surface area contributed by atoms with E-state index in [1.54, 1.807) is 35.2 Å². The quantitative estimate of drug-likeness (QED) is 0.621. The van der Waals surface area contributed by atoms with Crippen molar-refractivity contribution in [2.24, 2.45) is 0 Å². The zero-order valence-corrected chi connectivity index (χ0v) is 17.8. The number of nitrogens with zero attached hydrogens (tertiary/aromatic N) is 3. The average Bonchev–Trinajstić information content (AvgIpc) is 3.21. The Kier molecular flexibility index (Phi) is 6.52. The lowest BCUT2D eigenvalue weighted by atomic mass is 10.2. The Hall–Kier alpha value is -2.47. The van der Waals surface area contributed by atoms with Gasteiger partial charge in [0.2, 0.25) is 10.0 Å². The standard InChI is InChI=1S/C20H22ClN3O4S/c1-27-17-7-8-19(28-2)20(11-17)29(25,26)24(16-9-10-23(13-16)14-22)12-15-5-3-4-6-18(15)21/h3-8,11,16H,9-10,12-13H2,1-2H3/t16-/m1/s1. The molecule has 0 amide bonds. The molecule has 1 heterocycles. The van der Waals surface area contributed by atoms with Gasteiger partial charge in [-0.2, -0.15) is 9.57 Å². The third kappa shape index (κ3) is 4.42. The lowest BCUT2D eigenvalue weighted by Crippen LogP contribution is -2.41. The first kappa shape index (κ1) is 21.2. The second-order valence-electron chi connectivity index (χ2n) is 6.65. The van der Waals surface area contributed by atoms with Crippen molar-refractivity contribution >= 4 is 21.6 Å². The molecular formula is C20H22ClN3O4S. The Labute approximate surface area is 176 Å². The second kappa shape index (κ2) is 8.91. The zero-order valence-electron chi connectivity index (χ0n) is 16.2. The van der Waals surface area contributed by atoms with E-state index in [9.17, 15) is 13.7 Å². The van der Waals surface area contributed by atoms with Gasteiger partial charge in [-0.15, -0.1) is 0 Å². The summed E-state index contributed by atoms with van der Waals surface area (Å²) in [5.74, 6) is 0.636. The number of hydrogen-bond acceptors (Lipinski definition) is 6. The van der Waals surface area contributed by atoms with E-state index in [-0.39, 0.29) is 23.2 Å². The normalized spacial score (nSPS) is 16.7. The molecule has 9 heteroatoms. The van der Waals surface area contributed by atoms with Crippen molar-refractivity contribution in [1.29, 1.82) is 5.26 Å². The van der Waals surface area contributed by atoms with Crippen LogP contribution < -0.4 is 9.47 Å². The number of hydrogen-bond donors (Lipinski definition) is 0. The Morgan fingerprint density at radius 2 is 2.00 bits per heavy atom. The molecule has 1 saturated heterocycles. The summed E-state index contributed by atoms with van der Waals surface area (Å²) >= 11 is 6.30. The van der Waals surface area contributed by atoms with Crippen LogP contribution >= 0.6 is 11.6 Å². The van der Waals surface area contributed by atoms with Crippen LogP contribution in [-0.2, 0) is 16.6 Å². The molecule has 1 atom stereocenters. The van der Waals surface area contributed by atoms with E-state index in [1.807, 2.05) is 6.07 Å². The van der Waals surface area contributed by atoms with Gasteiger partial charge in [-0.3, -0.25) is 0 Å². The number of rotatable bonds is 7. The van der Waals surface area contributed by atoms with E-state index in [0.717, 1.165) is 0 Å². The number of likely N-dealkylation sites (tertiary alicyclic amines) is 1. The molecule has 0 aliphatic carbocycles. The van der Waals surface area contributed by atoms with Crippen LogP contribution in [0.1, 0.15) is 12.0 Å². The summed E-state index contributed by atoms with van der Waals surface area (Å²) in [7, 11) is -1.08. The molecule has 0 saturated carbocycles. The number of sulfonamides is 1. The average molecular weight is 436 g/mol. The summed E-state index contributed by atoms with van der Waals surface area (Å²) in [4.78, 5) is 1.57. The highest BCUT2D eigenvalue weighted by Crippen LogP contribution is 2.34. The van der Waals surface area contributed by atoms with E-state index in [1.165, 1.54) is 24.6 Å². The minimum absolute atomic E-state index is 0.0156. The van der Waals surface area contributed by atoms with Gasteiger partial charge in [0.15, 0.2) is 6.19 Å². The summed E-state index contributed by atoms with van der Waals surface area (Å²) in [5.41, 5.74) is 0.690. The first-order chi connectivity index (χ1) is 13.9. The van der Waals surface area contributed by atoms with Crippen molar-refractivity contribution in [1.82, 2.24) is 9.21 Å². The fourth-order valence-electron chi connectivity index (χ4n) is 3.38. The Morgan fingerprint density at radius 1 is 1.24 bits per heavy atom. The highest BCUT2D eigenvalue weighted by Gasteiger charge is 2.37. The van der Waals surface area contributed by atoms with Crippen LogP contribution in [0, 0.1) is 11.5 Å². The van der Waals surface area contributed by atoms with Gasteiger partial charge >= 0.3 is 0 Å². The predicted octanol–water partition coefficient (Wildman–Crippen LogP) is 3.10. The van der Waals surface area contributed by atoms with E-state index in [2.05, 4.69) is 6.19 Å². The van der Waals surface area contributed by atoms with Gasteiger partial charge in [-0.1, -0.05) is 29.8 Å². The number of methoxy groups -OCH3 is 2. The van der Waals surface area contributed by atoms with Crippen LogP contribution in [-0.4, -0.2) is 51.0 Å². The summed E-state index contributed by atoms with van der Waals surface area (Å²) < 4.78 is 39.4. The largest absolute Gasteiger partial charge is 0.497 e. The van der Waals surface area contributed by atoms with Crippen LogP contribution in [0.4, 0.5) is 0 Å². The number of benzene rings is 2. The Morgan fingerprint density at radius 3 is 2.62 bits per heavy atom. The minimum atomic E-state index is -3.97. The molecule has 7 nitrogen and oxygen atoms in total. The molecule has 0 aromatic heterocycles. The van der Waals surface area contributed by atoms with E-state index in [0.29, 0.717) is 35.8 Å². The Bertz CT molecular complexity index is 1020. The highest BCUT2D eigenvalue weighted by molar-refractivity contribution is 7.89. The second-order valence-corrected chi connectivity index (χ2v) is 8.91. The highest BCUT2D eigenvalue weighted by atomic mass is 35.5. The lowest BCUT2D eigenvalue weighted by Gasteiger charge is -2.29. The van der Waals surface area contributed by atoms with Crippen LogP contribution in [0.2, 0.25) is 5.02 Å². The molecule has 1 aliphatic rings. The van der Waals surface area contributed by atoms with Crippen LogP contribution in [0.3, 0.4) is 0 Å². The maximum absolute atomic E-state index is 13.7. The number of nitriles is 1. The van der Waals surface area contributed by atoms with Crippen molar-refractivity contribution in [2.75, 3.05) is 27.3 Å². The summed E-state index contributed by atoms with van der Waals surface area (Å²) in [6, 6.07) is 11.4. The number of halogens is 1. The number of ether oxygens (including phenoxy) is 2. The van der Waals surface area contributed by atoms with Crippen molar-refractivity contribution in [3.05, 3.63) is 53.1 Å². The SMILES string of the molecule is COc1ccc(OC)c(S(=O)(=O)N(Cc2ccccc2Cl)[C@@H]2CCN(C#N)C2)c1. The van der Waals surface area contributed by atoms with Crippen LogP contribution in [0.5, 0.6) is 11.5 Å². The molecular weight excluding hydrogens is 414 g/mol. The van der Waals surface area contributed by atoms with Crippen LogP contribution in [0.15, 0.2) is 47.4 Å². The molecule has 0 N–H and O–H groups in total. The maximum Gasteiger partial charge on any atom is 0.247 e. The third-order valence-corrected chi connectivity index (χ3v) is 7.24. The van der Waals surface area contributed by atoms with Crippen molar-refractivity contribution in [2.45, 2.75) is 23.9 Å². The fraction of sp³-hybridized carbons (Fsp3) is 0.350. The van der Waals surface area contributed by atoms with Crippen molar-refractivity contribution < 1.29 is 17.9 Å². The predicted molar refractivity (Wildman–Crippen MR) is 109 cm³/mol. The first-order valence-corrected chi connectivity index (χ1v) is 10.8. The van der Waals surface area contributed by atoms with Gasteiger partial charge in [0.05, 0.1) is 14.2 Å². The molecule has 0 radical (unpaired) electrons. The van der Waals surface area contributed by atoms with Gasteiger partial charge in [0.25, 0.3) is 0 Å². The van der Waals surface area contributed by atoms with E-state index >= 15 is 0 Å². The van der Waals surface area contributed by atoms with E-state index < -0.39 is 10.0 Å². The van der Waals surface area contributed by atoms with Gasteiger partial charge in [-0.05, 0) is 30.2 Å². The molecule has 0 spiro atoms. The van der Waals surface area contributed by atoms with Gasteiger partial charge in [0.1, 0.15) is 16.4 Å². The molecule has 1 aliphatic heterocycles. The molecule has 3 rings (SSSR count). The Balaban J connectivity index is 2.08. The zero-order chi connectivity index (χ0) is 21.0. The first-order valence-electron chi connectivity index (χ1n) is 9.02. The molecule has 29 heavy (non-hydrogen) atoms. The van der Waals surface area contributed by atoms with E-state index in [4.69, 9.17) is 21.1 Å². The molecule has 0 unspecified atom stereocenters. The molecule has 2 aromatic rings. The molecule has 2 aromatic carbocycles. The molecule has 154 valence electrons. The summed E-state index contributed by atoms with van der Waals surface area (Å²) in [6.07, 6.45) is 2.64. The monoisotopic (exact) mass is 435 g/mol. The lowest BCUT2D eigenvalue weighted by molar-refractivity contribution is 0.311. The van der Waals surface area contributed by atoms with Crippen molar-refractivity contribution in [3.8, 4) is 17.7 Å². The topological polar surface area (TPSA) is 82.9 Å². The van der Waals surface area contributed by atoms with Crippen LogP contribution in [0.25, 0.3) is 0 Å². The fourth-order valence-corrected chi connectivity index (χ4v) is 5.38.